The number of hydrogen-bond acceptors (Lipinski definition) is 3. The Kier molecular flexibility index (Phi) is 4.73. The summed E-state index contributed by atoms with van der Waals surface area (Å²) in [5.74, 6) is 0. The van der Waals surface area contributed by atoms with Gasteiger partial charge in [-0.25, -0.2) is 0 Å². The van der Waals surface area contributed by atoms with E-state index in [1.165, 1.54) is 6.07 Å². The molecule has 3 nitrogen and oxygen atoms in total. The molecule has 1 aliphatic rings. The van der Waals surface area contributed by atoms with E-state index in [1.807, 2.05) is 11.8 Å². The van der Waals surface area contributed by atoms with Crippen LogP contribution in [0.2, 0.25) is 0 Å². The second-order valence-electron chi connectivity index (χ2n) is 5.13. The highest BCUT2D eigenvalue weighted by Gasteiger charge is 2.34. The van der Waals surface area contributed by atoms with Gasteiger partial charge in [-0.05, 0) is 44.5 Å². The second kappa shape index (κ2) is 6.35. The summed E-state index contributed by atoms with van der Waals surface area (Å²) >= 11 is 0. The summed E-state index contributed by atoms with van der Waals surface area (Å²) in [6, 6.07) is 5.77. The highest BCUT2D eigenvalue weighted by atomic mass is 19.4. The van der Waals surface area contributed by atoms with Crippen molar-refractivity contribution in [3.05, 3.63) is 29.3 Å². The number of rotatable bonds is 3. The lowest BCUT2D eigenvalue weighted by Crippen LogP contribution is -2.46. The van der Waals surface area contributed by atoms with Crippen LogP contribution in [-0.2, 0) is 6.18 Å². The average Bonchev–Trinajstić information content (AvgIpc) is 2.48. The smallest absolute Gasteiger partial charge is 0.368 e. The van der Waals surface area contributed by atoms with Crippen LogP contribution in [0.4, 0.5) is 18.9 Å². The van der Waals surface area contributed by atoms with Crippen molar-refractivity contribution in [3.63, 3.8) is 0 Å². The van der Waals surface area contributed by atoms with Crippen molar-refractivity contribution >= 4 is 5.69 Å². The predicted molar refractivity (Wildman–Crippen MR) is 75.1 cm³/mol. The highest BCUT2D eigenvalue weighted by molar-refractivity contribution is 5.55. The van der Waals surface area contributed by atoms with Crippen molar-refractivity contribution < 1.29 is 13.2 Å². The molecule has 0 bridgehead atoms. The molecule has 0 saturated carbocycles. The molecule has 2 rings (SSSR count). The van der Waals surface area contributed by atoms with Gasteiger partial charge in [-0.1, -0.05) is 0 Å². The highest BCUT2D eigenvalue weighted by Crippen LogP contribution is 2.35. The Morgan fingerprint density at radius 3 is 2.71 bits per heavy atom. The van der Waals surface area contributed by atoms with E-state index in [2.05, 4.69) is 5.32 Å². The summed E-state index contributed by atoms with van der Waals surface area (Å²) in [6.45, 7) is 4.29. The maximum atomic E-state index is 13.0. The standard InChI is InChI=1S/C15H18F3N3/c1-2-21(13-4-3-7-20-10-13)12-6-5-11(9-19)14(8-12)15(16,17)18/h5-6,8,13,20H,2-4,7,10H2,1H3/t13-/m0/s1. The minimum Gasteiger partial charge on any atom is -0.368 e. The van der Waals surface area contributed by atoms with E-state index < -0.39 is 11.7 Å². The van der Waals surface area contributed by atoms with Crippen molar-refractivity contribution in [1.29, 1.82) is 5.26 Å². The van der Waals surface area contributed by atoms with E-state index >= 15 is 0 Å². The molecular formula is C15H18F3N3. The number of anilines is 1. The Hall–Kier alpha value is -1.74. The summed E-state index contributed by atoms with van der Waals surface area (Å²) in [5, 5.41) is 12.1. The average molecular weight is 297 g/mol. The lowest BCUT2D eigenvalue weighted by atomic mass is 10.0. The number of hydrogen-bond donors (Lipinski definition) is 1. The summed E-state index contributed by atoms with van der Waals surface area (Å²) in [5.41, 5.74) is -0.661. The molecular weight excluding hydrogens is 279 g/mol. The third kappa shape index (κ3) is 3.48. The number of nitrogens with zero attached hydrogens (tertiary/aromatic N) is 2. The zero-order valence-electron chi connectivity index (χ0n) is 11.9. The van der Waals surface area contributed by atoms with E-state index in [4.69, 9.17) is 5.26 Å². The minimum absolute atomic E-state index is 0.192. The summed E-state index contributed by atoms with van der Waals surface area (Å²) in [6.07, 6.45) is -2.53. The van der Waals surface area contributed by atoms with Crippen LogP contribution in [0.25, 0.3) is 0 Å². The number of piperidine rings is 1. The first-order valence-electron chi connectivity index (χ1n) is 7.06. The molecule has 6 heteroatoms. The normalized spacial score (nSPS) is 19.1. The number of nitrogens with one attached hydrogen (secondary N) is 1. The van der Waals surface area contributed by atoms with E-state index in [1.54, 1.807) is 12.1 Å². The molecule has 0 spiro atoms. The molecule has 0 amide bonds. The summed E-state index contributed by atoms with van der Waals surface area (Å²) < 4.78 is 39.1. The Labute approximate surface area is 122 Å². The van der Waals surface area contributed by atoms with Crippen LogP contribution in [0.3, 0.4) is 0 Å². The van der Waals surface area contributed by atoms with E-state index in [0.29, 0.717) is 12.2 Å². The lowest BCUT2D eigenvalue weighted by Gasteiger charge is -2.36. The largest absolute Gasteiger partial charge is 0.417 e. The fourth-order valence-electron chi connectivity index (χ4n) is 2.79. The van der Waals surface area contributed by atoms with Gasteiger partial charge < -0.3 is 10.2 Å². The molecule has 0 aliphatic carbocycles. The van der Waals surface area contributed by atoms with Gasteiger partial charge in [-0.2, -0.15) is 18.4 Å². The number of alkyl halides is 3. The quantitative estimate of drug-likeness (QED) is 0.931. The summed E-state index contributed by atoms with van der Waals surface area (Å²) in [4.78, 5) is 1.97. The van der Waals surface area contributed by atoms with Crippen LogP contribution in [0.1, 0.15) is 30.9 Å². The molecule has 0 unspecified atom stereocenters. The first kappa shape index (κ1) is 15.6. The Balaban J connectivity index is 2.36. The monoisotopic (exact) mass is 297 g/mol. The van der Waals surface area contributed by atoms with Crippen LogP contribution in [0, 0.1) is 11.3 Å². The Bertz CT molecular complexity index is 528. The molecule has 1 N–H and O–H groups in total. The van der Waals surface area contributed by atoms with Crippen molar-refractivity contribution in [2.75, 3.05) is 24.5 Å². The molecule has 1 aromatic rings. The number of benzene rings is 1. The first-order valence-corrected chi connectivity index (χ1v) is 7.06. The number of halogens is 3. The molecule has 1 heterocycles. The predicted octanol–water partition coefficient (Wildman–Crippen LogP) is 3.16. The Morgan fingerprint density at radius 2 is 2.19 bits per heavy atom. The third-order valence-corrected chi connectivity index (χ3v) is 3.81. The molecule has 114 valence electrons. The molecule has 1 aliphatic heterocycles. The van der Waals surface area contributed by atoms with Gasteiger partial charge >= 0.3 is 6.18 Å². The van der Waals surface area contributed by atoms with Crippen LogP contribution in [0.15, 0.2) is 18.2 Å². The van der Waals surface area contributed by atoms with Gasteiger partial charge in [0.05, 0.1) is 17.2 Å². The molecule has 0 radical (unpaired) electrons. The van der Waals surface area contributed by atoms with Crippen LogP contribution >= 0.6 is 0 Å². The topological polar surface area (TPSA) is 39.1 Å². The van der Waals surface area contributed by atoms with Crippen molar-refractivity contribution in [3.8, 4) is 6.07 Å². The fourth-order valence-corrected chi connectivity index (χ4v) is 2.79. The van der Waals surface area contributed by atoms with Gasteiger partial charge in [-0.15, -0.1) is 0 Å². The maximum Gasteiger partial charge on any atom is 0.417 e. The number of likely N-dealkylation sites (N-methyl/N-ethyl adjacent to an activating group) is 1. The van der Waals surface area contributed by atoms with Gasteiger partial charge in [0.25, 0.3) is 0 Å². The second-order valence-corrected chi connectivity index (χ2v) is 5.13. The zero-order valence-corrected chi connectivity index (χ0v) is 11.9. The van der Waals surface area contributed by atoms with E-state index in [0.717, 1.165) is 32.0 Å². The molecule has 21 heavy (non-hydrogen) atoms. The molecule has 0 aromatic heterocycles. The zero-order chi connectivity index (χ0) is 15.5. The van der Waals surface area contributed by atoms with Gasteiger partial charge in [0.2, 0.25) is 0 Å². The third-order valence-electron chi connectivity index (χ3n) is 3.81. The van der Waals surface area contributed by atoms with Gasteiger partial charge in [0, 0.05) is 24.8 Å². The van der Waals surface area contributed by atoms with E-state index in [9.17, 15) is 13.2 Å². The lowest BCUT2D eigenvalue weighted by molar-refractivity contribution is -0.137. The fraction of sp³-hybridized carbons (Fsp3) is 0.533. The van der Waals surface area contributed by atoms with Gasteiger partial charge in [0.15, 0.2) is 0 Å². The summed E-state index contributed by atoms with van der Waals surface area (Å²) in [7, 11) is 0. The maximum absolute atomic E-state index is 13.0. The van der Waals surface area contributed by atoms with Crippen LogP contribution < -0.4 is 10.2 Å². The molecule has 1 atom stereocenters. The Morgan fingerprint density at radius 1 is 1.43 bits per heavy atom. The first-order chi connectivity index (χ1) is 9.97. The van der Waals surface area contributed by atoms with Gasteiger partial charge in [-0.3, -0.25) is 0 Å². The van der Waals surface area contributed by atoms with Gasteiger partial charge in [0.1, 0.15) is 0 Å². The van der Waals surface area contributed by atoms with Crippen LogP contribution in [-0.4, -0.2) is 25.7 Å². The molecule has 1 fully saturated rings. The molecule has 1 aromatic carbocycles. The van der Waals surface area contributed by atoms with Crippen molar-refractivity contribution in [2.24, 2.45) is 0 Å². The van der Waals surface area contributed by atoms with E-state index in [-0.39, 0.29) is 11.6 Å². The van der Waals surface area contributed by atoms with Crippen molar-refractivity contribution in [1.82, 2.24) is 5.32 Å². The van der Waals surface area contributed by atoms with Crippen LogP contribution in [0.5, 0.6) is 0 Å². The number of nitriles is 1. The van der Waals surface area contributed by atoms with Crippen molar-refractivity contribution in [2.45, 2.75) is 32.0 Å². The minimum atomic E-state index is -4.51. The molecule has 1 saturated heterocycles. The SMILES string of the molecule is CCN(c1ccc(C#N)c(C(F)(F)F)c1)[C@H]1CCCNC1.